The largest absolute Gasteiger partial charge is 0.490 e. The van der Waals surface area contributed by atoms with Crippen molar-refractivity contribution < 1.29 is 22.7 Å². The molecule has 1 atom stereocenters. The van der Waals surface area contributed by atoms with Crippen LogP contribution in [0.2, 0.25) is 0 Å². The predicted octanol–water partition coefficient (Wildman–Crippen LogP) is 6.45. The summed E-state index contributed by atoms with van der Waals surface area (Å²) in [5.41, 5.74) is 9.06. The Balaban J connectivity index is 1.53. The molecule has 9 nitrogen and oxygen atoms in total. The summed E-state index contributed by atoms with van der Waals surface area (Å²) in [6.07, 6.45) is 3.85. The standard InChI is InChI=1S/C35H42N4O5S/c1-6-43-31-20-25(14-15-30(31)44-22(2)3)33(38-29-19-24-16-17-37-34(36)28(24)18-23(29)4)35(40)39(5)21-26-10-7-8-13-32(26)45(41,42)27-11-9-12-27/h7-8,10,13-20,22,27,33,38H,6,9,11-12,21H2,1-5H3,(H2,36,37). The number of amides is 1. The topological polar surface area (TPSA) is 124 Å². The van der Waals surface area contributed by atoms with Crippen molar-refractivity contribution in [3.8, 4) is 11.5 Å². The van der Waals surface area contributed by atoms with Crippen molar-refractivity contribution in [3.05, 3.63) is 83.6 Å². The molecule has 45 heavy (non-hydrogen) atoms. The number of ether oxygens (including phenoxy) is 2. The summed E-state index contributed by atoms with van der Waals surface area (Å²) in [4.78, 5) is 20.5. The van der Waals surface area contributed by atoms with E-state index < -0.39 is 15.9 Å². The second-order valence-electron chi connectivity index (χ2n) is 11.9. The number of carbonyl (C=O) groups is 1. The van der Waals surface area contributed by atoms with Crippen LogP contribution in [0.5, 0.6) is 11.5 Å². The zero-order valence-corrected chi connectivity index (χ0v) is 27.4. The Morgan fingerprint density at radius 2 is 1.84 bits per heavy atom. The number of pyridine rings is 1. The van der Waals surface area contributed by atoms with Gasteiger partial charge in [-0.1, -0.05) is 30.7 Å². The van der Waals surface area contributed by atoms with E-state index in [-0.39, 0.29) is 23.8 Å². The van der Waals surface area contributed by atoms with Crippen LogP contribution in [0.15, 0.2) is 71.8 Å². The number of hydrogen-bond donors (Lipinski definition) is 2. The lowest BCUT2D eigenvalue weighted by molar-refractivity contribution is -0.131. The summed E-state index contributed by atoms with van der Waals surface area (Å²) in [6.45, 7) is 8.29. The lowest BCUT2D eigenvalue weighted by Gasteiger charge is -2.29. The normalized spacial score (nSPS) is 14.2. The number of nitrogens with two attached hydrogens (primary N) is 1. The van der Waals surface area contributed by atoms with E-state index >= 15 is 0 Å². The van der Waals surface area contributed by atoms with Gasteiger partial charge in [0.15, 0.2) is 21.3 Å². The highest BCUT2D eigenvalue weighted by atomic mass is 32.2. The average Bonchev–Trinajstić information content (AvgIpc) is 2.96. The Hall–Kier alpha value is -4.31. The molecule has 10 heteroatoms. The number of aryl methyl sites for hydroxylation is 1. The maximum atomic E-state index is 14.4. The third-order valence-electron chi connectivity index (χ3n) is 8.20. The Morgan fingerprint density at radius 1 is 1.09 bits per heavy atom. The van der Waals surface area contributed by atoms with E-state index in [1.54, 1.807) is 36.3 Å². The van der Waals surface area contributed by atoms with E-state index in [1.165, 1.54) is 0 Å². The first kappa shape index (κ1) is 32.1. The van der Waals surface area contributed by atoms with Crippen molar-refractivity contribution in [2.75, 3.05) is 24.7 Å². The maximum Gasteiger partial charge on any atom is 0.249 e. The monoisotopic (exact) mass is 630 g/mol. The highest BCUT2D eigenvalue weighted by Gasteiger charge is 2.34. The van der Waals surface area contributed by atoms with E-state index in [2.05, 4.69) is 10.3 Å². The van der Waals surface area contributed by atoms with Gasteiger partial charge in [-0.2, -0.15) is 0 Å². The molecule has 4 aromatic rings. The number of fused-ring (bicyclic) bond motifs is 1. The zero-order chi connectivity index (χ0) is 32.3. The Kier molecular flexibility index (Phi) is 9.53. The fourth-order valence-electron chi connectivity index (χ4n) is 5.60. The molecule has 0 aliphatic heterocycles. The van der Waals surface area contributed by atoms with Gasteiger partial charge in [-0.25, -0.2) is 13.4 Å². The number of hydrogen-bond acceptors (Lipinski definition) is 8. The van der Waals surface area contributed by atoms with E-state index in [9.17, 15) is 13.2 Å². The van der Waals surface area contributed by atoms with Gasteiger partial charge in [-0.05, 0) is 99.0 Å². The van der Waals surface area contributed by atoms with Crippen LogP contribution in [0.1, 0.15) is 62.8 Å². The van der Waals surface area contributed by atoms with Crippen LogP contribution in [0.3, 0.4) is 0 Å². The van der Waals surface area contributed by atoms with Gasteiger partial charge in [-0.15, -0.1) is 0 Å². The van der Waals surface area contributed by atoms with Gasteiger partial charge < -0.3 is 25.4 Å². The van der Waals surface area contributed by atoms with Crippen molar-refractivity contribution in [2.24, 2.45) is 0 Å². The summed E-state index contributed by atoms with van der Waals surface area (Å²) in [5.74, 6) is 1.33. The van der Waals surface area contributed by atoms with Crippen LogP contribution >= 0.6 is 0 Å². The van der Waals surface area contributed by atoms with Gasteiger partial charge in [0.25, 0.3) is 0 Å². The summed E-state index contributed by atoms with van der Waals surface area (Å²) >= 11 is 0. The number of rotatable bonds is 12. The molecule has 1 heterocycles. The molecule has 1 fully saturated rings. The van der Waals surface area contributed by atoms with Gasteiger partial charge in [0.2, 0.25) is 5.91 Å². The van der Waals surface area contributed by atoms with Crippen LogP contribution in [0, 0.1) is 6.92 Å². The summed E-state index contributed by atoms with van der Waals surface area (Å²) < 4.78 is 38.7. The van der Waals surface area contributed by atoms with Crippen molar-refractivity contribution >= 4 is 38.0 Å². The molecule has 0 bridgehead atoms. The van der Waals surface area contributed by atoms with Crippen molar-refractivity contribution in [1.29, 1.82) is 0 Å². The maximum absolute atomic E-state index is 14.4. The van der Waals surface area contributed by atoms with Crippen molar-refractivity contribution in [3.63, 3.8) is 0 Å². The molecular weight excluding hydrogens is 588 g/mol. The number of benzene rings is 3. The molecule has 238 valence electrons. The first-order valence-corrected chi connectivity index (χ1v) is 17.0. The van der Waals surface area contributed by atoms with Crippen LogP contribution in [0.25, 0.3) is 10.8 Å². The summed E-state index contributed by atoms with van der Waals surface area (Å²) in [5, 5.41) is 4.84. The third kappa shape index (κ3) is 6.86. The summed E-state index contributed by atoms with van der Waals surface area (Å²) in [7, 11) is -1.78. The highest BCUT2D eigenvalue weighted by molar-refractivity contribution is 7.92. The molecule has 1 unspecified atom stereocenters. The lowest BCUT2D eigenvalue weighted by atomic mass is 10.00. The minimum absolute atomic E-state index is 0.0600. The fraction of sp³-hybridized carbons (Fsp3) is 0.371. The first-order valence-electron chi connectivity index (χ1n) is 15.4. The molecule has 1 aliphatic rings. The first-order chi connectivity index (χ1) is 21.5. The molecule has 0 radical (unpaired) electrons. The molecule has 0 spiro atoms. The zero-order valence-electron chi connectivity index (χ0n) is 26.5. The molecule has 1 aromatic heterocycles. The van der Waals surface area contributed by atoms with E-state index in [0.717, 1.165) is 28.4 Å². The molecule has 5 rings (SSSR count). The van der Waals surface area contributed by atoms with Gasteiger partial charge >= 0.3 is 0 Å². The number of sulfone groups is 1. The Morgan fingerprint density at radius 3 is 2.53 bits per heavy atom. The molecule has 3 aromatic carbocycles. The minimum Gasteiger partial charge on any atom is -0.490 e. The highest BCUT2D eigenvalue weighted by Crippen LogP contribution is 2.36. The minimum atomic E-state index is -3.48. The number of aromatic nitrogens is 1. The summed E-state index contributed by atoms with van der Waals surface area (Å²) in [6, 6.07) is 17.5. The van der Waals surface area contributed by atoms with Crippen molar-refractivity contribution in [2.45, 2.75) is 75.8 Å². The fourth-order valence-corrected chi connectivity index (χ4v) is 7.68. The van der Waals surface area contributed by atoms with E-state index in [4.69, 9.17) is 15.2 Å². The third-order valence-corrected chi connectivity index (χ3v) is 10.6. The Labute approximate surface area is 265 Å². The van der Waals surface area contributed by atoms with Gasteiger partial charge in [-0.3, -0.25) is 4.79 Å². The second kappa shape index (κ2) is 13.4. The lowest BCUT2D eigenvalue weighted by Crippen LogP contribution is -2.36. The van der Waals surface area contributed by atoms with Gasteiger partial charge in [0.05, 0.1) is 22.9 Å². The van der Waals surface area contributed by atoms with Crippen LogP contribution in [0.4, 0.5) is 11.5 Å². The molecule has 1 aliphatic carbocycles. The number of anilines is 2. The smallest absolute Gasteiger partial charge is 0.249 e. The van der Waals surface area contributed by atoms with Crippen LogP contribution in [-0.2, 0) is 21.2 Å². The van der Waals surface area contributed by atoms with Gasteiger partial charge in [0, 0.05) is 30.9 Å². The van der Waals surface area contributed by atoms with Crippen molar-refractivity contribution in [1.82, 2.24) is 9.88 Å². The van der Waals surface area contributed by atoms with E-state index in [1.807, 2.05) is 70.2 Å². The second-order valence-corrected chi connectivity index (χ2v) is 14.1. The number of nitrogens with zero attached hydrogens (tertiary/aromatic N) is 2. The Bertz CT molecular complexity index is 1800. The number of likely N-dealkylation sites (N-methyl/N-ethyl adjacent to an activating group) is 1. The number of nitrogens with one attached hydrogen (secondary N) is 1. The molecule has 0 saturated heterocycles. The molecular formula is C35H42N4O5S. The SMILES string of the molecule is CCOc1cc(C(Nc2cc3ccnc(N)c3cc2C)C(=O)N(C)Cc2ccccc2S(=O)(=O)C2CCC2)ccc1OC(C)C. The van der Waals surface area contributed by atoms with Crippen LogP contribution < -0.4 is 20.5 Å². The van der Waals surface area contributed by atoms with E-state index in [0.29, 0.717) is 52.8 Å². The number of nitrogen functional groups attached to an aromatic ring is 1. The number of carbonyl (C=O) groups excluding carboxylic acids is 1. The van der Waals surface area contributed by atoms with Crippen LogP contribution in [-0.4, -0.2) is 49.2 Å². The average molecular weight is 631 g/mol. The molecule has 1 saturated carbocycles. The molecule has 1 amide bonds. The molecule has 3 N–H and O–H groups in total. The quantitative estimate of drug-likeness (QED) is 0.183. The van der Waals surface area contributed by atoms with Gasteiger partial charge in [0.1, 0.15) is 11.9 Å². The predicted molar refractivity (Wildman–Crippen MR) is 178 cm³/mol.